The van der Waals surface area contributed by atoms with Crippen LogP contribution < -0.4 is 15.0 Å². The molecule has 0 spiro atoms. The van der Waals surface area contributed by atoms with Crippen molar-refractivity contribution in [3.05, 3.63) is 30.0 Å². The van der Waals surface area contributed by atoms with E-state index < -0.39 is 6.10 Å². The first kappa shape index (κ1) is 13.8. The number of nitrogens with zero attached hydrogens (tertiary/aromatic N) is 3. The predicted octanol–water partition coefficient (Wildman–Crippen LogP) is 2.28. The Labute approximate surface area is 126 Å². The Kier molecular flexibility index (Phi) is 3.74. The van der Waals surface area contributed by atoms with Crippen LogP contribution in [0.3, 0.4) is 0 Å². The second kappa shape index (κ2) is 5.69. The van der Waals surface area contributed by atoms with Gasteiger partial charge in [0.15, 0.2) is 6.10 Å². The van der Waals surface area contributed by atoms with Gasteiger partial charge < -0.3 is 10.1 Å². The number of aromatic nitrogens is 2. The molecule has 6 nitrogen and oxygen atoms in total. The molecule has 1 unspecified atom stereocenters. The summed E-state index contributed by atoms with van der Waals surface area (Å²) >= 11 is 1.30. The SMILES string of the molecule is CCNc1snnc1CN1C(=O)C(C)Oc2ccccc21. The normalized spacial score (nSPS) is 17.3. The van der Waals surface area contributed by atoms with E-state index in [0.29, 0.717) is 6.54 Å². The summed E-state index contributed by atoms with van der Waals surface area (Å²) in [6.07, 6.45) is -0.492. The van der Waals surface area contributed by atoms with E-state index in [2.05, 4.69) is 14.9 Å². The highest BCUT2D eigenvalue weighted by Crippen LogP contribution is 2.35. The minimum absolute atomic E-state index is 0.0656. The van der Waals surface area contributed by atoms with Crippen LogP contribution in [0.15, 0.2) is 24.3 Å². The predicted molar refractivity (Wildman–Crippen MR) is 81.8 cm³/mol. The summed E-state index contributed by atoms with van der Waals surface area (Å²) in [7, 11) is 0. The van der Waals surface area contributed by atoms with Gasteiger partial charge in [-0.2, -0.15) is 0 Å². The summed E-state index contributed by atoms with van der Waals surface area (Å²) in [6, 6.07) is 7.54. The third-order valence-electron chi connectivity index (χ3n) is 3.27. The molecule has 1 aromatic carbocycles. The smallest absolute Gasteiger partial charge is 0.268 e. The lowest BCUT2D eigenvalue weighted by molar-refractivity contribution is -0.125. The van der Waals surface area contributed by atoms with Crippen molar-refractivity contribution >= 4 is 28.1 Å². The average molecular weight is 304 g/mol. The lowest BCUT2D eigenvalue weighted by Crippen LogP contribution is -2.44. The largest absolute Gasteiger partial charge is 0.479 e. The highest BCUT2D eigenvalue weighted by molar-refractivity contribution is 7.10. The van der Waals surface area contributed by atoms with Gasteiger partial charge in [0, 0.05) is 18.1 Å². The van der Waals surface area contributed by atoms with E-state index in [-0.39, 0.29) is 5.91 Å². The quantitative estimate of drug-likeness (QED) is 0.938. The van der Waals surface area contributed by atoms with Gasteiger partial charge in [-0.15, -0.1) is 5.10 Å². The molecular formula is C14H16N4O2S. The second-order valence-corrected chi connectivity index (χ2v) is 5.49. The van der Waals surface area contributed by atoms with Gasteiger partial charge in [0.2, 0.25) is 0 Å². The fraction of sp³-hybridized carbons (Fsp3) is 0.357. The Morgan fingerprint density at radius 2 is 2.24 bits per heavy atom. The number of ether oxygens (including phenoxy) is 1. The van der Waals surface area contributed by atoms with Crippen LogP contribution >= 0.6 is 11.5 Å². The van der Waals surface area contributed by atoms with Crippen molar-refractivity contribution in [1.29, 1.82) is 0 Å². The van der Waals surface area contributed by atoms with Crippen LogP contribution in [0, 0.1) is 0 Å². The lowest BCUT2D eigenvalue weighted by Gasteiger charge is -2.32. The monoisotopic (exact) mass is 304 g/mol. The number of carbonyl (C=O) groups is 1. The third kappa shape index (κ3) is 2.56. The van der Waals surface area contributed by atoms with Gasteiger partial charge >= 0.3 is 0 Å². The Hall–Kier alpha value is -2.15. The number of para-hydroxylation sites is 2. The summed E-state index contributed by atoms with van der Waals surface area (Å²) in [5.74, 6) is 0.655. The first-order valence-corrected chi connectivity index (χ1v) is 7.60. The van der Waals surface area contributed by atoms with Crippen molar-refractivity contribution < 1.29 is 9.53 Å². The Morgan fingerprint density at radius 3 is 3.05 bits per heavy atom. The van der Waals surface area contributed by atoms with Crippen LogP contribution in [0.2, 0.25) is 0 Å². The molecule has 3 rings (SSSR count). The summed E-state index contributed by atoms with van der Waals surface area (Å²) in [6.45, 7) is 4.96. The minimum atomic E-state index is -0.492. The first-order valence-electron chi connectivity index (χ1n) is 6.83. The molecule has 2 aromatic rings. The number of benzene rings is 1. The number of anilines is 2. The molecule has 1 aliphatic rings. The van der Waals surface area contributed by atoms with E-state index in [1.807, 2.05) is 31.2 Å². The molecule has 1 atom stereocenters. The molecule has 21 heavy (non-hydrogen) atoms. The molecule has 2 heterocycles. The number of nitrogens with one attached hydrogen (secondary N) is 1. The van der Waals surface area contributed by atoms with Crippen LogP contribution in [0.1, 0.15) is 19.5 Å². The lowest BCUT2D eigenvalue weighted by atomic mass is 10.2. The highest BCUT2D eigenvalue weighted by atomic mass is 32.1. The van der Waals surface area contributed by atoms with Gasteiger partial charge in [0.25, 0.3) is 5.91 Å². The van der Waals surface area contributed by atoms with Gasteiger partial charge in [-0.1, -0.05) is 16.6 Å². The number of amides is 1. The minimum Gasteiger partial charge on any atom is -0.479 e. The zero-order valence-electron chi connectivity index (χ0n) is 11.9. The van der Waals surface area contributed by atoms with E-state index in [4.69, 9.17) is 4.74 Å². The van der Waals surface area contributed by atoms with Gasteiger partial charge in [-0.05, 0) is 26.0 Å². The summed E-state index contributed by atoms with van der Waals surface area (Å²) < 4.78 is 9.60. The summed E-state index contributed by atoms with van der Waals surface area (Å²) in [4.78, 5) is 14.1. The topological polar surface area (TPSA) is 67.4 Å². The molecule has 0 bridgehead atoms. The third-order valence-corrected chi connectivity index (χ3v) is 4.00. The van der Waals surface area contributed by atoms with Gasteiger partial charge in [0.1, 0.15) is 16.4 Å². The van der Waals surface area contributed by atoms with E-state index in [0.717, 1.165) is 28.7 Å². The van der Waals surface area contributed by atoms with Gasteiger partial charge in [-0.3, -0.25) is 9.69 Å². The Morgan fingerprint density at radius 1 is 1.43 bits per heavy atom. The molecule has 0 aliphatic carbocycles. The van der Waals surface area contributed by atoms with Crippen LogP contribution in [-0.4, -0.2) is 28.1 Å². The first-order chi connectivity index (χ1) is 10.2. The van der Waals surface area contributed by atoms with Crippen molar-refractivity contribution in [3.8, 4) is 5.75 Å². The molecule has 1 N–H and O–H groups in total. The van der Waals surface area contributed by atoms with Crippen molar-refractivity contribution in [3.63, 3.8) is 0 Å². The van der Waals surface area contributed by atoms with Crippen LogP contribution in [0.5, 0.6) is 5.75 Å². The van der Waals surface area contributed by atoms with E-state index in [9.17, 15) is 4.79 Å². The van der Waals surface area contributed by atoms with Crippen molar-refractivity contribution in [2.24, 2.45) is 0 Å². The molecule has 0 radical (unpaired) electrons. The molecule has 1 aromatic heterocycles. The summed E-state index contributed by atoms with van der Waals surface area (Å²) in [5, 5.41) is 8.26. The Balaban J connectivity index is 1.93. The average Bonchev–Trinajstić information content (AvgIpc) is 2.91. The van der Waals surface area contributed by atoms with Gasteiger partial charge in [0.05, 0.1) is 12.2 Å². The zero-order valence-corrected chi connectivity index (χ0v) is 12.7. The molecule has 110 valence electrons. The fourth-order valence-electron chi connectivity index (χ4n) is 2.28. The number of hydrogen-bond acceptors (Lipinski definition) is 6. The number of hydrogen-bond donors (Lipinski definition) is 1. The molecule has 1 amide bonds. The van der Waals surface area contributed by atoms with Crippen molar-refractivity contribution in [2.45, 2.75) is 26.5 Å². The standard InChI is InChI=1S/C14H16N4O2S/c1-3-15-13-10(16-17-21-13)8-18-11-6-4-5-7-12(11)20-9(2)14(18)19/h4-7,9,15H,3,8H2,1-2H3. The second-order valence-electron chi connectivity index (χ2n) is 4.73. The maximum Gasteiger partial charge on any atom is 0.268 e. The molecule has 7 heteroatoms. The summed E-state index contributed by atoms with van der Waals surface area (Å²) in [5.41, 5.74) is 1.55. The van der Waals surface area contributed by atoms with Crippen molar-refractivity contribution in [2.75, 3.05) is 16.8 Å². The van der Waals surface area contributed by atoms with Crippen molar-refractivity contribution in [1.82, 2.24) is 9.59 Å². The van der Waals surface area contributed by atoms with Crippen LogP contribution in [0.4, 0.5) is 10.7 Å². The number of fused-ring (bicyclic) bond motifs is 1. The number of rotatable bonds is 4. The molecule has 1 aliphatic heterocycles. The highest BCUT2D eigenvalue weighted by Gasteiger charge is 2.32. The molecule has 0 fully saturated rings. The molecule has 0 saturated carbocycles. The maximum absolute atomic E-state index is 12.4. The van der Waals surface area contributed by atoms with Crippen LogP contribution in [0.25, 0.3) is 0 Å². The number of carbonyl (C=O) groups excluding carboxylic acids is 1. The molecular weight excluding hydrogens is 288 g/mol. The van der Waals surface area contributed by atoms with Gasteiger partial charge in [-0.25, -0.2) is 0 Å². The van der Waals surface area contributed by atoms with E-state index >= 15 is 0 Å². The maximum atomic E-state index is 12.4. The Bertz CT molecular complexity index is 658. The zero-order chi connectivity index (χ0) is 14.8. The van der Waals surface area contributed by atoms with E-state index in [1.54, 1.807) is 11.8 Å². The molecule has 0 saturated heterocycles. The fourth-order valence-corrected chi connectivity index (χ4v) is 2.92. The van der Waals surface area contributed by atoms with Crippen LogP contribution in [-0.2, 0) is 11.3 Å². The van der Waals surface area contributed by atoms with E-state index in [1.165, 1.54) is 11.5 Å².